The number of carboxylic acids is 2. The molecule has 6 nitrogen and oxygen atoms in total. The second-order valence-corrected chi connectivity index (χ2v) is 4.58. The van der Waals surface area contributed by atoms with Crippen molar-refractivity contribution in [2.45, 2.75) is 58.4 Å². The standard InChI is InChI=1S/C13H23NO5/c1-3-5-6-9(4-2)12(17)14-10(13(18)19)7-8-11(15)16/h9-10H,3-8H2,1-2H3,(H,14,17)(H,15,16)(H,18,19)/t9-,10-/m0/s1. The van der Waals surface area contributed by atoms with Gasteiger partial charge in [-0.3, -0.25) is 9.59 Å². The van der Waals surface area contributed by atoms with E-state index in [1.807, 2.05) is 13.8 Å². The van der Waals surface area contributed by atoms with Gasteiger partial charge >= 0.3 is 11.9 Å². The van der Waals surface area contributed by atoms with Crippen LogP contribution in [0.2, 0.25) is 0 Å². The van der Waals surface area contributed by atoms with Gasteiger partial charge < -0.3 is 15.5 Å². The number of nitrogens with one attached hydrogen (secondary N) is 1. The first kappa shape index (κ1) is 17.4. The monoisotopic (exact) mass is 273 g/mol. The maximum atomic E-state index is 11.9. The molecule has 0 aliphatic rings. The summed E-state index contributed by atoms with van der Waals surface area (Å²) < 4.78 is 0. The van der Waals surface area contributed by atoms with Crippen molar-refractivity contribution in [2.75, 3.05) is 0 Å². The molecule has 0 spiro atoms. The first-order valence-electron chi connectivity index (χ1n) is 6.67. The van der Waals surface area contributed by atoms with E-state index in [1.165, 1.54) is 0 Å². The quantitative estimate of drug-likeness (QED) is 0.561. The number of aliphatic carboxylic acids is 2. The van der Waals surface area contributed by atoms with Crippen molar-refractivity contribution in [1.29, 1.82) is 0 Å². The molecule has 110 valence electrons. The predicted octanol–water partition coefficient (Wildman–Crippen LogP) is 1.64. The van der Waals surface area contributed by atoms with Crippen LogP contribution in [0.25, 0.3) is 0 Å². The Morgan fingerprint density at radius 3 is 2.16 bits per heavy atom. The van der Waals surface area contributed by atoms with Crippen LogP contribution in [0.15, 0.2) is 0 Å². The van der Waals surface area contributed by atoms with Crippen molar-refractivity contribution < 1.29 is 24.6 Å². The molecule has 0 heterocycles. The van der Waals surface area contributed by atoms with Gasteiger partial charge in [-0.2, -0.15) is 0 Å². The lowest BCUT2D eigenvalue weighted by Crippen LogP contribution is -2.43. The van der Waals surface area contributed by atoms with E-state index in [9.17, 15) is 14.4 Å². The molecular weight excluding hydrogens is 250 g/mol. The maximum absolute atomic E-state index is 11.9. The van der Waals surface area contributed by atoms with Crippen molar-refractivity contribution in [3.8, 4) is 0 Å². The van der Waals surface area contributed by atoms with Crippen LogP contribution in [0, 0.1) is 5.92 Å². The largest absolute Gasteiger partial charge is 0.481 e. The molecule has 0 bridgehead atoms. The van der Waals surface area contributed by atoms with Gasteiger partial charge in [0.15, 0.2) is 0 Å². The van der Waals surface area contributed by atoms with E-state index in [-0.39, 0.29) is 24.7 Å². The third-order valence-corrected chi connectivity index (χ3v) is 3.03. The summed E-state index contributed by atoms with van der Waals surface area (Å²) in [5.74, 6) is -2.76. The second kappa shape index (κ2) is 9.35. The van der Waals surface area contributed by atoms with Gasteiger partial charge in [0, 0.05) is 12.3 Å². The third kappa shape index (κ3) is 7.43. The van der Waals surface area contributed by atoms with Crippen LogP contribution in [0.3, 0.4) is 0 Å². The first-order chi connectivity index (χ1) is 8.92. The SMILES string of the molecule is CCCC[C@H](CC)C(=O)N[C@@H](CCC(=O)O)C(=O)O. The smallest absolute Gasteiger partial charge is 0.326 e. The molecule has 1 amide bonds. The number of rotatable bonds is 10. The van der Waals surface area contributed by atoms with Crippen LogP contribution in [0.4, 0.5) is 0 Å². The lowest BCUT2D eigenvalue weighted by atomic mass is 9.97. The summed E-state index contributed by atoms with van der Waals surface area (Å²) in [5.41, 5.74) is 0. The van der Waals surface area contributed by atoms with Gasteiger partial charge in [-0.25, -0.2) is 4.79 Å². The van der Waals surface area contributed by atoms with Gasteiger partial charge in [-0.05, 0) is 19.3 Å². The van der Waals surface area contributed by atoms with Gasteiger partial charge in [0.1, 0.15) is 6.04 Å². The summed E-state index contributed by atoms with van der Waals surface area (Å²) in [6.07, 6.45) is 2.90. The minimum Gasteiger partial charge on any atom is -0.481 e. The van der Waals surface area contributed by atoms with E-state index in [0.717, 1.165) is 19.3 Å². The summed E-state index contributed by atoms with van der Waals surface area (Å²) in [5, 5.41) is 19.9. The second-order valence-electron chi connectivity index (χ2n) is 4.58. The molecule has 0 aliphatic carbocycles. The number of unbranched alkanes of at least 4 members (excludes halogenated alkanes) is 1. The van der Waals surface area contributed by atoms with Crippen LogP contribution in [0.5, 0.6) is 0 Å². The van der Waals surface area contributed by atoms with Crippen molar-refractivity contribution in [2.24, 2.45) is 5.92 Å². The fourth-order valence-electron chi connectivity index (χ4n) is 1.79. The summed E-state index contributed by atoms with van der Waals surface area (Å²) in [7, 11) is 0. The zero-order chi connectivity index (χ0) is 14.8. The zero-order valence-corrected chi connectivity index (χ0v) is 11.5. The fourth-order valence-corrected chi connectivity index (χ4v) is 1.79. The van der Waals surface area contributed by atoms with E-state index < -0.39 is 18.0 Å². The molecule has 19 heavy (non-hydrogen) atoms. The number of carboxylic acid groups (broad SMARTS) is 2. The fraction of sp³-hybridized carbons (Fsp3) is 0.769. The summed E-state index contributed by atoms with van der Waals surface area (Å²) in [6.45, 7) is 3.91. The van der Waals surface area contributed by atoms with Crippen LogP contribution in [0.1, 0.15) is 52.4 Å². The van der Waals surface area contributed by atoms with E-state index in [0.29, 0.717) is 6.42 Å². The number of carbonyl (C=O) groups is 3. The minimum absolute atomic E-state index is 0.0966. The lowest BCUT2D eigenvalue weighted by Gasteiger charge is -2.18. The summed E-state index contributed by atoms with van der Waals surface area (Å²) >= 11 is 0. The Labute approximate surface area is 113 Å². The summed E-state index contributed by atoms with van der Waals surface area (Å²) in [4.78, 5) is 33.3. The van der Waals surface area contributed by atoms with Gasteiger partial charge in [0.25, 0.3) is 0 Å². The molecular formula is C13H23NO5. The molecule has 0 aromatic rings. The molecule has 2 atom stereocenters. The predicted molar refractivity (Wildman–Crippen MR) is 69.7 cm³/mol. The third-order valence-electron chi connectivity index (χ3n) is 3.03. The highest BCUT2D eigenvalue weighted by Gasteiger charge is 2.24. The Kier molecular flexibility index (Phi) is 8.57. The molecule has 3 N–H and O–H groups in total. The average Bonchev–Trinajstić information content (AvgIpc) is 2.34. The van der Waals surface area contributed by atoms with Gasteiger partial charge in [0.05, 0.1) is 0 Å². The first-order valence-corrected chi connectivity index (χ1v) is 6.67. The van der Waals surface area contributed by atoms with Crippen LogP contribution >= 0.6 is 0 Å². The maximum Gasteiger partial charge on any atom is 0.326 e. The highest BCUT2D eigenvalue weighted by Crippen LogP contribution is 2.13. The highest BCUT2D eigenvalue weighted by molar-refractivity contribution is 5.85. The molecule has 6 heteroatoms. The van der Waals surface area contributed by atoms with Crippen molar-refractivity contribution in [1.82, 2.24) is 5.32 Å². The average molecular weight is 273 g/mol. The van der Waals surface area contributed by atoms with Gasteiger partial charge in [0.2, 0.25) is 5.91 Å². The van der Waals surface area contributed by atoms with E-state index in [1.54, 1.807) is 0 Å². The van der Waals surface area contributed by atoms with Gasteiger partial charge in [-0.1, -0.05) is 26.7 Å². The van der Waals surface area contributed by atoms with Crippen LogP contribution in [-0.4, -0.2) is 34.1 Å². The molecule has 0 rings (SSSR count). The summed E-state index contributed by atoms with van der Waals surface area (Å²) in [6, 6.07) is -1.13. The molecule has 0 aromatic heterocycles. The molecule has 0 saturated carbocycles. The molecule has 0 radical (unpaired) electrons. The molecule has 0 saturated heterocycles. The minimum atomic E-state index is -1.19. The topological polar surface area (TPSA) is 104 Å². The van der Waals surface area contributed by atoms with Crippen molar-refractivity contribution >= 4 is 17.8 Å². The van der Waals surface area contributed by atoms with Crippen molar-refractivity contribution in [3.63, 3.8) is 0 Å². The van der Waals surface area contributed by atoms with E-state index >= 15 is 0 Å². The molecule has 0 aliphatic heterocycles. The van der Waals surface area contributed by atoms with Crippen molar-refractivity contribution in [3.05, 3.63) is 0 Å². The number of hydrogen-bond donors (Lipinski definition) is 3. The zero-order valence-electron chi connectivity index (χ0n) is 11.5. The van der Waals surface area contributed by atoms with E-state index in [4.69, 9.17) is 10.2 Å². The Morgan fingerprint density at radius 2 is 1.74 bits per heavy atom. The molecule has 0 unspecified atom stereocenters. The normalized spacial score (nSPS) is 13.6. The number of amides is 1. The Morgan fingerprint density at radius 1 is 1.11 bits per heavy atom. The molecule has 0 aromatic carbocycles. The molecule has 0 fully saturated rings. The highest BCUT2D eigenvalue weighted by atomic mass is 16.4. The van der Waals surface area contributed by atoms with Gasteiger partial charge in [-0.15, -0.1) is 0 Å². The Balaban J connectivity index is 4.42. The van der Waals surface area contributed by atoms with Crippen LogP contribution < -0.4 is 5.32 Å². The number of hydrogen-bond acceptors (Lipinski definition) is 3. The Bertz CT molecular complexity index is 316. The Hall–Kier alpha value is -1.59. The van der Waals surface area contributed by atoms with Crippen LogP contribution in [-0.2, 0) is 14.4 Å². The number of carbonyl (C=O) groups excluding carboxylic acids is 1. The lowest BCUT2D eigenvalue weighted by molar-refractivity contribution is -0.143. The van der Waals surface area contributed by atoms with E-state index in [2.05, 4.69) is 5.32 Å².